The van der Waals surface area contributed by atoms with Crippen molar-refractivity contribution in [3.8, 4) is 17.1 Å². The number of phenolic OH excluding ortho intramolecular Hbond substituents is 1. The normalized spacial score (nSPS) is 19.2. The van der Waals surface area contributed by atoms with Gasteiger partial charge in [-0.05, 0) is 37.1 Å². The van der Waals surface area contributed by atoms with Crippen molar-refractivity contribution in [1.29, 1.82) is 0 Å². The largest absolute Gasteiger partial charge is 0.508 e. The summed E-state index contributed by atoms with van der Waals surface area (Å²) in [7, 11) is 0. The van der Waals surface area contributed by atoms with Gasteiger partial charge in [0.05, 0.1) is 28.3 Å². The summed E-state index contributed by atoms with van der Waals surface area (Å²) >= 11 is 1.45. The van der Waals surface area contributed by atoms with E-state index >= 15 is 0 Å². The first-order chi connectivity index (χ1) is 19.5. The summed E-state index contributed by atoms with van der Waals surface area (Å²) in [5, 5.41) is 10.0. The second-order valence-corrected chi connectivity index (χ2v) is 11.5. The summed E-state index contributed by atoms with van der Waals surface area (Å²) in [6.07, 6.45) is 3.30. The molecule has 5 heterocycles. The predicted molar refractivity (Wildman–Crippen MR) is 155 cm³/mol. The van der Waals surface area contributed by atoms with Crippen molar-refractivity contribution in [2.24, 2.45) is 0 Å². The van der Waals surface area contributed by atoms with Crippen molar-refractivity contribution in [1.82, 2.24) is 24.7 Å². The van der Waals surface area contributed by atoms with Crippen LogP contribution in [-0.4, -0.2) is 113 Å². The average molecular weight is 563 g/mol. The monoisotopic (exact) mass is 562 g/mol. The minimum Gasteiger partial charge on any atom is -0.508 e. The molecule has 3 saturated heterocycles. The van der Waals surface area contributed by atoms with Crippen LogP contribution in [0.4, 0.5) is 5.82 Å². The van der Waals surface area contributed by atoms with Gasteiger partial charge in [-0.2, -0.15) is 0 Å². The van der Waals surface area contributed by atoms with Crippen LogP contribution in [0, 0.1) is 0 Å². The highest BCUT2D eigenvalue weighted by Crippen LogP contribution is 2.35. The number of fused-ring (bicyclic) bond motifs is 1. The van der Waals surface area contributed by atoms with Gasteiger partial charge in [0, 0.05) is 64.0 Å². The number of anilines is 1. The highest BCUT2D eigenvalue weighted by atomic mass is 32.1. The Kier molecular flexibility index (Phi) is 7.68. The maximum atomic E-state index is 13.6. The molecule has 40 heavy (non-hydrogen) atoms. The zero-order valence-corrected chi connectivity index (χ0v) is 23.3. The Morgan fingerprint density at radius 1 is 0.975 bits per heavy atom. The first-order valence-electron chi connectivity index (χ1n) is 13.9. The number of carbonyl (C=O) groups excluding carboxylic acids is 2. The number of thiophene rings is 1. The molecule has 0 unspecified atom stereocenters. The third-order valence-electron chi connectivity index (χ3n) is 8.05. The Hall–Kier alpha value is -3.54. The van der Waals surface area contributed by atoms with E-state index < -0.39 is 0 Å². The number of nitrogens with zero attached hydrogens (tertiary/aromatic N) is 6. The smallest absolute Gasteiger partial charge is 0.264 e. The van der Waals surface area contributed by atoms with Gasteiger partial charge in [-0.25, -0.2) is 9.97 Å². The molecule has 0 aliphatic carbocycles. The Morgan fingerprint density at radius 3 is 2.42 bits per heavy atom. The third kappa shape index (κ3) is 5.41. The summed E-state index contributed by atoms with van der Waals surface area (Å²) in [5.74, 6) is 1.52. The van der Waals surface area contributed by atoms with Gasteiger partial charge in [0.2, 0.25) is 5.91 Å². The second kappa shape index (κ2) is 11.5. The maximum Gasteiger partial charge on any atom is 0.264 e. The number of rotatable bonds is 5. The maximum absolute atomic E-state index is 13.6. The molecule has 3 aliphatic rings. The third-order valence-corrected chi connectivity index (χ3v) is 9.16. The van der Waals surface area contributed by atoms with Crippen LogP contribution in [-0.2, 0) is 9.53 Å². The molecule has 3 aromatic rings. The Bertz CT molecular complexity index is 1400. The van der Waals surface area contributed by atoms with Crippen molar-refractivity contribution in [2.75, 3.05) is 70.5 Å². The molecule has 1 aromatic carbocycles. The number of morpholine rings is 1. The van der Waals surface area contributed by atoms with Crippen molar-refractivity contribution >= 4 is 39.2 Å². The minimum atomic E-state index is 0.00713. The zero-order chi connectivity index (χ0) is 27.6. The van der Waals surface area contributed by atoms with Gasteiger partial charge in [-0.3, -0.25) is 14.5 Å². The number of carbonyl (C=O) groups is 2. The van der Waals surface area contributed by atoms with Gasteiger partial charge >= 0.3 is 0 Å². The van der Waals surface area contributed by atoms with Crippen molar-refractivity contribution in [2.45, 2.75) is 18.9 Å². The van der Waals surface area contributed by atoms with Gasteiger partial charge < -0.3 is 24.5 Å². The van der Waals surface area contributed by atoms with E-state index in [0.29, 0.717) is 43.0 Å². The number of benzene rings is 1. The lowest BCUT2D eigenvalue weighted by atomic mass is 10.0. The number of amides is 2. The molecule has 10 nitrogen and oxygen atoms in total. The van der Waals surface area contributed by atoms with E-state index in [0.717, 1.165) is 73.7 Å². The molecule has 1 N–H and O–H groups in total. The number of aromatic nitrogens is 2. The molecule has 2 amide bonds. The summed E-state index contributed by atoms with van der Waals surface area (Å²) in [6, 6.07) is 9.26. The molecule has 0 spiro atoms. The molecule has 0 saturated carbocycles. The van der Waals surface area contributed by atoms with E-state index in [1.165, 1.54) is 17.4 Å². The highest BCUT2D eigenvalue weighted by Gasteiger charge is 2.31. The molecule has 210 valence electrons. The quantitative estimate of drug-likeness (QED) is 0.474. The van der Waals surface area contributed by atoms with E-state index in [9.17, 15) is 14.7 Å². The topological polar surface area (TPSA) is 102 Å². The number of piperidine rings is 1. The van der Waals surface area contributed by atoms with E-state index in [-0.39, 0.29) is 17.6 Å². The molecule has 0 bridgehead atoms. The summed E-state index contributed by atoms with van der Waals surface area (Å²) in [4.78, 5) is 44.4. The lowest BCUT2D eigenvalue weighted by Crippen LogP contribution is -2.54. The standard InChI is InChI=1S/C29H34N6O4S/c1-2-25(37)33-8-6-21(7-9-33)32-10-12-35(13-11-32)29(38)24-19-23-26(40-24)28(34-14-16-39-17-15-34)31-27(30-23)20-4-3-5-22(36)18-20/h2-5,18-19,21,36H,1,6-17H2. The zero-order valence-electron chi connectivity index (χ0n) is 22.5. The van der Waals surface area contributed by atoms with Crippen LogP contribution in [0.15, 0.2) is 43.0 Å². The van der Waals surface area contributed by atoms with E-state index in [1.807, 2.05) is 21.9 Å². The van der Waals surface area contributed by atoms with Crippen LogP contribution in [0.3, 0.4) is 0 Å². The number of piperazine rings is 1. The van der Waals surface area contributed by atoms with Gasteiger partial charge in [-0.15, -0.1) is 11.3 Å². The van der Waals surface area contributed by atoms with Crippen molar-refractivity contribution in [3.63, 3.8) is 0 Å². The Labute approximate surface area is 237 Å². The number of ether oxygens (including phenoxy) is 1. The molecule has 11 heteroatoms. The predicted octanol–water partition coefficient (Wildman–Crippen LogP) is 2.84. The fourth-order valence-electron chi connectivity index (χ4n) is 5.81. The number of aromatic hydroxyl groups is 1. The van der Waals surface area contributed by atoms with Gasteiger partial charge in [-0.1, -0.05) is 18.7 Å². The van der Waals surface area contributed by atoms with Crippen LogP contribution in [0.5, 0.6) is 5.75 Å². The lowest BCUT2D eigenvalue weighted by Gasteiger charge is -2.42. The molecular weight excluding hydrogens is 528 g/mol. The minimum absolute atomic E-state index is 0.00713. The van der Waals surface area contributed by atoms with Gasteiger partial charge in [0.25, 0.3) is 5.91 Å². The molecule has 0 atom stereocenters. The second-order valence-electron chi connectivity index (χ2n) is 10.4. The van der Waals surface area contributed by atoms with Crippen LogP contribution in [0.25, 0.3) is 21.6 Å². The van der Waals surface area contributed by atoms with Crippen molar-refractivity contribution < 1.29 is 19.4 Å². The number of hydrogen-bond donors (Lipinski definition) is 1. The van der Waals surface area contributed by atoms with E-state index in [2.05, 4.69) is 16.4 Å². The Balaban J connectivity index is 1.19. The van der Waals surface area contributed by atoms with E-state index in [4.69, 9.17) is 14.7 Å². The van der Waals surface area contributed by atoms with Crippen LogP contribution in [0.2, 0.25) is 0 Å². The Morgan fingerprint density at radius 2 is 1.73 bits per heavy atom. The molecule has 3 aliphatic heterocycles. The highest BCUT2D eigenvalue weighted by molar-refractivity contribution is 7.21. The summed E-state index contributed by atoms with van der Waals surface area (Å²) in [6.45, 7) is 10.8. The van der Waals surface area contributed by atoms with Crippen molar-refractivity contribution in [3.05, 3.63) is 47.9 Å². The number of likely N-dealkylation sites (tertiary alicyclic amines) is 1. The van der Waals surface area contributed by atoms with Crippen LogP contribution < -0.4 is 4.90 Å². The van der Waals surface area contributed by atoms with Gasteiger partial charge in [0.1, 0.15) is 5.75 Å². The lowest BCUT2D eigenvalue weighted by molar-refractivity contribution is -0.127. The molecule has 3 fully saturated rings. The molecular formula is C29H34N6O4S. The average Bonchev–Trinajstić information content (AvgIpc) is 3.45. The first kappa shape index (κ1) is 26.7. The fraction of sp³-hybridized carbons (Fsp3) is 0.448. The SMILES string of the molecule is C=CC(=O)N1CCC(N2CCN(C(=O)c3cc4nc(-c5cccc(O)c5)nc(N5CCOCC5)c4s3)CC2)CC1. The summed E-state index contributed by atoms with van der Waals surface area (Å²) < 4.78 is 6.46. The number of hydrogen-bond acceptors (Lipinski definition) is 9. The number of phenols is 1. The molecule has 2 aromatic heterocycles. The summed E-state index contributed by atoms with van der Waals surface area (Å²) in [5.41, 5.74) is 1.47. The van der Waals surface area contributed by atoms with Crippen LogP contribution in [0.1, 0.15) is 22.5 Å². The van der Waals surface area contributed by atoms with E-state index in [1.54, 1.807) is 18.2 Å². The molecule has 0 radical (unpaired) electrons. The van der Waals surface area contributed by atoms with Gasteiger partial charge in [0.15, 0.2) is 11.6 Å². The first-order valence-corrected chi connectivity index (χ1v) is 14.7. The fourth-order valence-corrected chi connectivity index (χ4v) is 6.89. The van der Waals surface area contributed by atoms with Crippen LogP contribution >= 0.6 is 11.3 Å². The molecule has 6 rings (SSSR count).